The molecular formula is C23H40N6O8S. The molecular weight excluding hydrogens is 520 g/mol. The van der Waals surface area contributed by atoms with Crippen LogP contribution in [0, 0.1) is 0 Å². The topological polar surface area (TPSA) is 206 Å². The minimum atomic E-state index is -0.950. The Kier molecular flexibility index (Phi) is 16.2. The van der Waals surface area contributed by atoms with Crippen molar-refractivity contribution in [2.75, 3.05) is 52.2 Å². The Bertz CT molecular complexity index is 830. The zero-order valence-corrected chi connectivity index (χ0v) is 22.7. The Hall–Kier alpha value is -2.75. The van der Waals surface area contributed by atoms with Crippen LogP contribution < -0.4 is 26.6 Å². The van der Waals surface area contributed by atoms with E-state index in [1.54, 1.807) is 0 Å². The first-order chi connectivity index (χ1) is 18.1. The molecule has 0 saturated carbocycles. The van der Waals surface area contributed by atoms with E-state index >= 15 is 0 Å². The predicted molar refractivity (Wildman–Crippen MR) is 140 cm³/mol. The maximum atomic E-state index is 12.8. The van der Waals surface area contributed by atoms with Crippen LogP contribution in [-0.2, 0) is 28.8 Å². The van der Waals surface area contributed by atoms with E-state index in [2.05, 4.69) is 26.6 Å². The Morgan fingerprint density at radius 1 is 0.974 bits per heavy atom. The lowest BCUT2D eigenvalue weighted by Crippen LogP contribution is -2.48. The first kappa shape index (κ1) is 33.3. The van der Waals surface area contributed by atoms with Gasteiger partial charge in [-0.05, 0) is 32.9 Å². The SMILES string of the molecule is CNCCCCC(NC(=O)CCN1C(=O)CC(SCC(NC(C)=O)C(=O)NCCO)C1=O)C(=O)NCCO. The molecule has 1 fully saturated rings. The molecule has 0 aromatic heterocycles. The number of amides is 6. The number of carbonyl (C=O) groups excluding carboxylic acids is 6. The molecule has 0 bridgehead atoms. The van der Waals surface area contributed by atoms with Gasteiger partial charge in [0.2, 0.25) is 35.4 Å². The number of aliphatic hydroxyl groups is 2. The zero-order chi connectivity index (χ0) is 28.5. The summed E-state index contributed by atoms with van der Waals surface area (Å²) in [4.78, 5) is 74.8. The molecule has 0 aliphatic carbocycles. The summed E-state index contributed by atoms with van der Waals surface area (Å²) in [5.74, 6) is -2.78. The third-order valence-corrected chi connectivity index (χ3v) is 6.86. The molecule has 0 aromatic carbocycles. The van der Waals surface area contributed by atoms with Crippen LogP contribution in [0.1, 0.15) is 39.0 Å². The molecule has 14 nitrogen and oxygen atoms in total. The molecule has 1 aliphatic rings. The molecule has 1 aliphatic heterocycles. The van der Waals surface area contributed by atoms with Crippen LogP contribution in [0.3, 0.4) is 0 Å². The van der Waals surface area contributed by atoms with Crippen molar-refractivity contribution < 1.29 is 39.0 Å². The first-order valence-corrected chi connectivity index (χ1v) is 13.6. The van der Waals surface area contributed by atoms with E-state index in [1.165, 1.54) is 6.92 Å². The van der Waals surface area contributed by atoms with Crippen LogP contribution in [-0.4, -0.2) is 120 Å². The van der Waals surface area contributed by atoms with Crippen LogP contribution in [0.15, 0.2) is 0 Å². The molecule has 1 heterocycles. The highest BCUT2D eigenvalue weighted by molar-refractivity contribution is 8.00. The van der Waals surface area contributed by atoms with Gasteiger partial charge in [0.15, 0.2) is 0 Å². The summed E-state index contributed by atoms with van der Waals surface area (Å²) in [6.45, 7) is 1.42. The fourth-order valence-corrected chi connectivity index (χ4v) is 4.85. The Labute approximate surface area is 226 Å². The zero-order valence-electron chi connectivity index (χ0n) is 21.9. The molecule has 0 radical (unpaired) electrons. The van der Waals surface area contributed by atoms with Crippen LogP contribution in [0.5, 0.6) is 0 Å². The van der Waals surface area contributed by atoms with Gasteiger partial charge in [-0.15, -0.1) is 11.8 Å². The number of nitrogens with one attached hydrogen (secondary N) is 5. The lowest BCUT2D eigenvalue weighted by atomic mass is 10.1. The summed E-state index contributed by atoms with van der Waals surface area (Å²) in [7, 11) is 1.81. The van der Waals surface area contributed by atoms with E-state index in [0.29, 0.717) is 12.8 Å². The number of hydrogen-bond acceptors (Lipinski definition) is 10. The molecule has 1 saturated heterocycles. The number of aliphatic hydroxyl groups excluding tert-OH is 2. The molecule has 1 rings (SSSR count). The van der Waals surface area contributed by atoms with Crippen molar-refractivity contribution in [2.45, 2.75) is 56.4 Å². The third-order valence-electron chi connectivity index (χ3n) is 5.57. The molecule has 15 heteroatoms. The van der Waals surface area contributed by atoms with E-state index < -0.39 is 52.8 Å². The van der Waals surface area contributed by atoms with Crippen molar-refractivity contribution in [3.05, 3.63) is 0 Å². The first-order valence-electron chi connectivity index (χ1n) is 12.6. The Balaban J connectivity index is 2.64. The smallest absolute Gasteiger partial charge is 0.243 e. The number of likely N-dealkylation sites (tertiary alicyclic amines) is 1. The van der Waals surface area contributed by atoms with Crippen molar-refractivity contribution in [1.82, 2.24) is 31.5 Å². The van der Waals surface area contributed by atoms with Gasteiger partial charge in [-0.25, -0.2) is 0 Å². The maximum absolute atomic E-state index is 12.8. The number of rotatable bonds is 19. The number of imide groups is 1. The van der Waals surface area contributed by atoms with Crippen molar-refractivity contribution in [3.63, 3.8) is 0 Å². The lowest BCUT2D eigenvalue weighted by Gasteiger charge is -2.20. The number of hydrogen-bond donors (Lipinski definition) is 7. The van der Waals surface area contributed by atoms with Crippen molar-refractivity contribution in [1.29, 1.82) is 0 Å². The number of thioether (sulfide) groups is 1. The molecule has 38 heavy (non-hydrogen) atoms. The molecule has 7 N–H and O–H groups in total. The fourth-order valence-electron chi connectivity index (χ4n) is 3.66. The van der Waals surface area contributed by atoms with E-state index in [0.717, 1.165) is 29.6 Å². The van der Waals surface area contributed by atoms with Gasteiger partial charge < -0.3 is 36.8 Å². The van der Waals surface area contributed by atoms with Crippen molar-refractivity contribution >= 4 is 47.2 Å². The van der Waals surface area contributed by atoms with Gasteiger partial charge in [0.25, 0.3) is 0 Å². The average Bonchev–Trinajstić information content (AvgIpc) is 3.15. The third kappa shape index (κ3) is 12.2. The highest BCUT2D eigenvalue weighted by Gasteiger charge is 2.39. The normalized spacial score (nSPS) is 16.6. The summed E-state index contributed by atoms with van der Waals surface area (Å²) in [5.41, 5.74) is 0. The van der Waals surface area contributed by atoms with Crippen LogP contribution in [0.25, 0.3) is 0 Å². The summed E-state index contributed by atoms with van der Waals surface area (Å²) >= 11 is 1.05. The second kappa shape index (κ2) is 18.5. The maximum Gasteiger partial charge on any atom is 0.243 e. The monoisotopic (exact) mass is 560 g/mol. The quantitative estimate of drug-likeness (QED) is 0.0623. The van der Waals surface area contributed by atoms with Crippen LogP contribution >= 0.6 is 11.8 Å². The predicted octanol–water partition coefficient (Wildman–Crippen LogP) is -3.17. The van der Waals surface area contributed by atoms with Crippen molar-refractivity contribution in [2.24, 2.45) is 0 Å². The van der Waals surface area contributed by atoms with Gasteiger partial charge >= 0.3 is 0 Å². The number of carbonyl (C=O) groups is 6. The largest absolute Gasteiger partial charge is 0.395 e. The van der Waals surface area contributed by atoms with Gasteiger partial charge in [-0.1, -0.05) is 0 Å². The van der Waals surface area contributed by atoms with Crippen molar-refractivity contribution in [3.8, 4) is 0 Å². The highest BCUT2D eigenvalue weighted by atomic mass is 32.2. The number of unbranched alkanes of at least 4 members (excludes halogenated alkanes) is 1. The lowest BCUT2D eigenvalue weighted by molar-refractivity contribution is -0.139. The fraction of sp³-hybridized carbons (Fsp3) is 0.739. The van der Waals surface area contributed by atoms with Gasteiger partial charge in [0.05, 0.1) is 18.5 Å². The molecule has 0 aromatic rings. The second-order valence-corrected chi connectivity index (χ2v) is 9.90. The summed E-state index contributed by atoms with van der Waals surface area (Å²) in [6.07, 6.45) is 1.59. The second-order valence-electron chi connectivity index (χ2n) is 8.66. The van der Waals surface area contributed by atoms with E-state index in [1.807, 2.05) is 7.05 Å². The Morgan fingerprint density at radius 2 is 1.61 bits per heavy atom. The highest BCUT2D eigenvalue weighted by Crippen LogP contribution is 2.26. The molecule has 3 unspecified atom stereocenters. The minimum Gasteiger partial charge on any atom is -0.395 e. The number of nitrogens with zero attached hydrogens (tertiary/aromatic N) is 1. The van der Waals surface area contributed by atoms with Crippen LogP contribution in [0.2, 0.25) is 0 Å². The van der Waals surface area contributed by atoms with E-state index in [-0.39, 0.29) is 51.4 Å². The molecule has 6 amide bonds. The molecule has 216 valence electrons. The van der Waals surface area contributed by atoms with Gasteiger partial charge in [0.1, 0.15) is 12.1 Å². The van der Waals surface area contributed by atoms with E-state index in [9.17, 15) is 28.8 Å². The average molecular weight is 561 g/mol. The Morgan fingerprint density at radius 3 is 2.18 bits per heavy atom. The minimum absolute atomic E-state index is 0.0101. The van der Waals surface area contributed by atoms with Gasteiger partial charge in [-0.3, -0.25) is 33.7 Å². The van der Waals surface area contributed by atoms with Gasteiger partial charge in [0, 0.05) is 45.2 Å². The van der Waals surface area contributed by atoms with Gasteiger partial charge in [-0.2, -0.15) is 0 Å². The summed E-state index contributed by atoms with van der Waals surface area (Å²) < 4.78 is 0. The standard InChI is InChI=1S/C23H40N6O8S/c1-15(32)27-17(22(36)26-9-12-31)14-38-18-13-20(34)29(23(18)37)10-6-19(33)28-16(5-3-4-7-24-2)21(35)25-8-11-30/h16-18,24,30-31H,3-14H2,1-2H3,(H,25,35)(H,26,36)(H,27,32)(H,28,33). The summed E-state index contributed by atoms with van der Waals surface area (Å²) in [6, 6.07) is -1.75. The molecule has 3 atom stereocenters. The van der Waals surface area contributed by atoms with Crippen LogP contribution in [0.4, 0.5) is 0 Å². The summed E-state index contributed by atoms with van der Waals surface area (Å²) in [5, 5.41) is 30.2. The van der Waals surface area contributed by atoms with E-state index in [4.69, 9.17) is 10.2 Å². The molecule has 0 spiro atoms.